The third kappa shape index (κ3) is 6.08. The second kappa shape index (κ2) is 12.0. The fourth-order valence-electron chi connectivity index (χ4n) is 4.69. The topological polar surface area (TPSA) is 103 Å². The number of unbranched alkanes of at least 4 members (excludes halogenated alkanes) is 1. The SMILES string of the molecule is CCCCc1ccc(NC(=O)CSC2NC(c3ccc(OC)cc3)NC3C2C(=O)N(C)C(=O)N3C)cc1. The number of aryl methyl sites for hydroxylation is 1. The first-order chi connectivity index (χ1) is 17.8. The molecule has 0 spiro atoms. The fraction of sp³-hybridized carbons (Fsp3) is 0.444. The van der Waals surface area contributed by atoms with Crippen molar-refractivity contribution >= 4 is 35.3 Å². The van der Waals surface area contributed by atoms with Crippen LogP contribution in [0.15, 0.2) is 48.5 Å². The number of rotatable bonds is 9. The van der Waals surface area contributed by atoms with Crippen LogP contribution in [0, 0.1) is 5.92 Å². The number of urea groups is 1. The summed E-state index contributed by atoms with van der Waals surface area (Å²) < 4.78 is 5.27. The number of carbonyl (C=O) groups excluding carboxylic acids is 3. The maximum atomic E-state index is 13.2. The summed E-state index contributed by atoms with van der Waals surface area (Å²) in [4.78, 5) is 41.3. The molecule has 0 bridgehead atoms. The minimum absolute atomic E-state index is 0.148. The Balaban J connectivity index is 1.46. The van der Waals surface area contributed by atoms with Crippen LogP contribution >= 0.6 is 11.8 Å². The summed E-state index contributed by atoms with van der Waals surface area (Å²) >= 11 is 1.37. The highest BCUT2D eigenvalue weighted by Crippen LogP contribution is 2.34. The maximum absolute atomic E-state index is 13.2. The Kier molecular flexibility index (Phi) is 8.73. The summed E-state index contributed by atoms with van der Waals surface area (Å²) in [5.41, 5.74) is 2.93. The van der Waals surface area contributed by atoms with E-state index in [1.54, 1.807) is 19.1 Å². The van der Waals surface area contributed by atoms with Crippen molar-refractivity contribution < 1.29 is 19.1 Å². The zero-order chi connectivity index (χ0) is 26.5. The largest absolute Gasteiger partial charge is 0.497 e. The summed E-state index contributed by atoms with van der Waals surface area (Å²) in [6.45, 7) is 2.17. The number of thioether (sulfide) groups is 1. The van der Waals surface area contributed by atoms with Crippen LogP contribution in [0.5, 0.6) is 5.75 Å². The van der Waals surface area contributed by atoms with E-state index in [9.17, 15) is 14.4 Å². The molecular weight excluding hydrogens is 490 g/mol. The van der Waals surface area contributed by atoms with Crippen LogP contribution in [0.1, 0.15) is 37.1 Å². The van der Waals surface area contributed by atoms with Gasteiger partial charge in [-0.1, -0.05) is 37.6 Å². The van der Waals surface area contributed by atoms with Gasteiger partial charge in [0.1, 0.15) is 5.75 Å². The highest BCUT2D eigenvalue weighted by atomic mass is 32.2. The third-order valence-corrected chi connectivity index (χ3v) is 8.07. The first kappa shape index (κ1) is 27.0. The Morgan fingerprint density at radius 1 is 1.05 bits per heavy atom. The first-order valence-electron chi connectivity index (χ1n) is 12.5. The number of amides is 4. The van der Waals surface area contributed by atoms with Gasteiger partial charge in [-0.2, -0.15) is 0 Å². The van der Waals surface area contributed by atoms with Crippen molar-refractivity contribution in [2.75, 3.05) is 32.3 Å². The summed E-state index contributed by atoms with van der Waals surface area (Å²) in [5.74, 6) is -0.0900. The molecule has 0 aliphatic carbocycles. The lowest BCUT2D eigenvalue weighted by Gasteiger charge is -2.50. The summed E-state index contributed by atoms with van der Waals surface area (Å²) in [5, 5.41) is 9.45. The van der Waals surface area contributed by atoms with Gasteiger partial charge in [0.2, 0.25) is 11.8 Å². The molecule has 4 unspecified atom stereocenters. The summed E-state index contributed by atoms with van der Waals surface area (Å²) in [6.07, 6.45) is 2.47. The Hall–Kier alpha value is -3.08. The number of nitrogens with one attached hydrogen (secondary N) is 3. The Labute approximate surface area is 222 Å². The van der Waals surface area contributed by atoms with Gasteiger partial charge < -0.3 is 15.0 Å². The van der Waals surface area contributed by atoms with Crippen LogP contribution in [-0.2, 0) is 16.0 Å². The zero-order valence-corrected chi connectivity index (χ0v) is 22.5. The van der Waals surface area contributed by atoms with Gasteiger partial charge in [-0.3, -0.25) is 25.1 Å². The summed E-state index contributed by atoms with van der Waals surface area (Å²) in [6, 6.07) is 15.2. The number of methoxy groups -OCH3 is 1. The molecule has 4 atom stereocenters. The molecule has 2 aliphatic heterocycles. The van der Waals surface area contributed by atoms with Gasteiger partial charge in [0, 0.05) is 19.8 Å². The number of hydrogen-bond donors (Lipinski definition) is 3. The molecule has 10 heteroatoms. The number of nitrogens with zero attached hydrogens (tertiary/aromatic N) is 2. The van der Waals surface area contributed by atoms with Crippen LogP contribution in [0.2, 0.25) is 0 Å². The van der Waals surface area contributed by atoms with Gasteiger partial charge in [0.15, 0.2) is 0 Å². The molecule has 2 aromatic carbocycles. The molecule has 4 amide bonds. The predicted molar refractivity (Wildman–Crippen MR) is 145 cm³/mol. The second-order valence-corrected chi connectivity index (χ2v) is 10.5. The Bertz CT molecular complexity index is 1110. The number of fused-ring (bicyclic) bond motifs is 1. The molecule has 0 aromatic heterocycles. The average Bonchev–Trinajstić information content (AvgIpc) is 2.93. The van der Waals surface area contributed by atoms with E-state index in [0.29, 0.717) is 0 Å². The van der Waals surface area contributed by atoms with Crippen LogP contribution in [0.4, 0.5) is 10.5 Å². The van der Waals surface area contributed by atoms with Crippen molar-refractivity contribution in [3.05, 3.63) is 59.7 Å². The quantitative estimate of drug-likeness (QED) is 0.461. The van der Waals surface area contributed by atoms with Gasteiger partial charge in [0.05, 0.1) is 36.5 Å². The van der Waals surface area contributed by atoms with Gasteiger partial charge in [-0.15, -0.1) is 11.8 Å². The molecule has 2 fully saturated rings. The number of benzene rings is 2. The lowest BCUT2D eigenvalue weighted by molar-refractivity contribution is -0.140. The zero-order valence-electron chi connectivity index (χ0n) is 21.7. The highest BCUT2D eigenvalue weighted by Gasteiger charge is 2.51. The molecule has 3 N–H and O–H groups in total. The molecule has 198 valence electrons. The number of anilines is 1. The summed E-state index contributed by atoms with van der Waals surface area (Å²) in [7, 11) is 4.79. The Morgan fingerprint density at radius 3 is 2.41 bits per heavy atom. The molecule has 9 nitrogen and oxygen atoms in total. The number of imide groups is 1. The number of hydrogen-bond acceptors (Lipinski definition) is 7. The molecule has 0 radical (unpaired) electrons. The van der Waals surface area contributed by atoms with E-state index in [4.69, 9.17) is 4.74 Å². The van der Waals surface area contributed by atoms with E-state index in [1.807, 2.05) is 48.5 Å². The number of ether oxygens (including phenoxy) is 1. The van der Waals surface area contributed by atoms with Crippen molar-refractivity contribution in [3.8, 4) is 5.75 Å². The second-order valence-electron chi connectivity index (χ2n) is 9.38. The van der Waals surface area contributed by atoms with Crippen LogP contribution in [-0.4, -0.2) is 66.1 Å². The van der Waals surface area contributed by atoms with Crippen LogP contribution < -0.4 is 20.7 Å². The van der Waals surface area contributed by atoms with E-state index < -0.39 is 17.5 Å². The van der Waals surface area contributed by atoms with Gasteiger partial charge >= 0.3 is 6.03 Å². The monoisotopic (exact) mass is 525 g/mol. The molecule has 2 saturated heterocycles. The van der Waals surface area contributed by atoms with E-state index >= 15 is 0 Å². The number of carbonyl (C=O) groups is 3. The standard InChI is InChI=1S/C27H35N5O4S/c1-5-6-7-17-8-12-19(13-9-17)28-21(33)16-37-25-22-24(31(2)27(35)32(3)26(22)34)29-23(30-25)18-10-14-20(36-4)15-11-18/h8-15,22-25,29-30H,5-7,16H2,1-4H3,(H,28,33). The van der Waals surface area contributed by atoms with Crippen molar-refractivity contribution in [3.63, 3.8) is 0 Å². The van der Waals surface area contributed by atoms with Crippen molar-refractivity contribution in [1.82, 2.24) is 20.4 Å². The van der Waals surface area contributed by atoms with Crippen LogP contribution in [0.3, 0.4) is 0 Å². The molecular formula is C27H35N5O4S. The average molecular weight is 526 g/mol. The van der Waals surface area contributed by atoms with E-state index in [1.165, 1.54) is 24.4 Å². The maximum Gasteiger partial charge on any atom is 0.327 e. The molecule has 37 heavy (non-hydrogen) atoms. The molecule has 4 rings (SSSR count). The third-order valence-electron chi connectivity index (χ3n) is 6.86. The smallest absolute Gasteiger partial charge is 0.327 e. The minimum atomic E-state index is -0.558. The molecule has 2 aromatic rings. The van der Waals surface area contributed by atoms with Crippen molar-refractivity contribution in [2.24, 2.45) is 5.92 Å². The van der Waals surface area contributed by atoms with Crippen molar-refractivity contribution in [2.45, 2.75) is 43.9 Å². The van der Waals surface area contributed by atoms with Gasteiger partial charge in [0.25, 0.3) is 0 Å². The molecule has 2 heterocycles. The lowest BCUT2D eigenvalue weighted by Crippen LogP contribution is -2.72. The van der Waals surface area contributed by atoms with Gasteiger partial charge in [-0.05, 0) is 48.2 Å². The predicted octanol–water partition coefficient (Wildman–Crippen LogP) is 3.39. The fourth-order valence-corrected chi connectivity index (χ4v) is 5.79. The normalized spacial score (nSPS) is 23.6. The highest BCUT2D eigenvalue weighted by molar-refractivity contribution is 8.00. The molecule has 2 aliphatic rings. The van der Waals surface area contributed by atoms with Gasteiger partial charge in [-0.25, -0.2) is 4.79 Å². The van der Waals surface area contributed by atoms with Crippen LogP contribution in [0.25, 0.3) is 0 Å². The lowest BCUT2D eigenvalue weighted by atomic mass is 9.96. The van der Waals surface area contributed by atoms with Crippen molar-refractivity contribution in [1.29, 1.82) is 0 Å². The van der Waals surface area contributed by atoms with E-state index in [2.05, 4.69) is 22.9 Å². The molecule has 0 saturated carbocycles. The van der Waals surface area contributed by atoms with E-state index in [-0.39, 0.29) is 29.8 Å². The minimum Gasteiger partial charge on any atom is -0.497 e. The first-order valence-corrected chi connectivity index (χ1v) is 13.6. The van der Waals surface area contributed by atoms with E-state index in [0.717, 1.165) is 41.2 Å². The Morgan fingerprint density at radius 2 is 1.76 bits per heavy atom.